The van der Waals surface area contributed by atoms with Crippen LogP contribution in [0.1, 0.15) is 41.3 Å². The van der Waals surface area contributed by atoms with Crippen LogP contribution in [-0.4, -0.2) is 22.7 Å². The van der Waals surface area contributed by atoms with E-state index in [1.165, 1.54) is 6.07 Å². The molecule has 4 nitrogen and oxygen atoms in total. The van der Waals surface area contributed by atoms with Gasteiger partial charge in [-0.1, -0.05) is 44.2 Å². The Morgan fingerprint density at radius 2 is 1.80 bits per heavy atom. The van der Waals surface area contributed by atoms with E-state index in [4.69, 9.17) is 0 Å². The first-order valence-corrected chi connectivity index (χ1v) is 8.88. The Morgan fingerprint density at radius 3 is 2.36 bits per heavy atom. The molecule has 2 rings (SSSR count). The van der Waals surface area contributed by atoms with Crippen LogP contribution in [0.3, 0.4) is 0 Å². The second-order valence-electron chi connectivity index (χ2n) is 6.36. The van der Waals surface area contributed by atoms with Gasteiger partial charge in [0.05, 0.1) is 11.5 Å². The summed E-state index contributed by atoms with van der Waals surface area (Å²) in [6.45, 7) is 3.97. The standard InChI is InChI=1S/C20H23NO3S/c1-13(2)15-9-16(20(23)24)11-18(10-15)21-19(22)17(12-25)8-14-6-4-3-5-7-14/h3-7,9-11,13,17,25H,8,12H2,1-2H3,(H,21,22)(H,23,24). The van der Waals surface area contributed by atoms with Crippen molar-refractivity contribution in [2.75, 3.05) is 11.1 Å². The molecule has 0 heterocycles. The van der Waals surface area contributed by atoms with Gasteiger partial charge < -0.3 is 10.4 Å². The Balaban J connectivity index is 2.19. The van der Waals surface area contributed by atoms with Crippen LogP contribution >= 0.6 is 12.6 Å². The minimum Gasteiger partial charge on any atom is -0.478 e. The van der Waals surface area contributed by atoms with Crippen LogP contribution in [0, 0.1) is 5.92 Å². The molecule has 0 aliphatic rings. The van der Waals surface area contributed by atoms with E-state index in [9.17, 15) is 14.7 Å². The smallest absolute Gasteiger partial charge is 0.335 e. The number of carbonyl (C=O) groups is 2. The van der Waals surface area contributed by atoms with Gasteiger partial charge in [-0.25, -0.2) is 4.79 Å². The predicted octanol–water partition coefficient (Wildman–Crippen LogP) is 4.24. The van der Waals surface area contributed by atoms with Gasteiger partial charge in [0.15, 0.2) is 0 Å². The van der Waals surface area contributed by atoms with Crippen LogP contribution in [0.5, 0.6) is 0 Å². The van der Waals surface area contributed by atoms with E-state index in [2.05, 4.69) is 17.9 Å². The van der Waals surface area contributed by atoms with Crippen LogP contribution in [-0.2, 0) is 11.2 Å². The van der Waals surface area contributed by atoms with E-state index in [1.807, 2.05) is 50.2 Å². The molecule has 0 aromatic heterocycles. The van der Waals surface area contributed by atoms with Gasteiger partial charge in [-0.15, -0.1) is 0 Å². The molecular formula is C20H23NO3S. The quantitative estimate of drug-likeness (QED) is 0.650. The van der Waals surface area contributed by atoms with E-state index in [1.54, 1.807) is 6.07 Å². The summed E-state index contributed by atoms with van der Waals surface area (Å²) in [6, 6.07) is 14.7. The van der Waals surface area contributed by atoms with E-state index in [0.29, 0.717) is 17.9 Å². The first-order chi connectivity index (χ1) is 11.9. The third-order valence-electron chi connectivity index (χ3n) is 4.05. The predicted molar refractivity (Wildman–Crippen MR) is 104 cm³/mol. The number of nitrogens with one attached hydrogen (secondary N) is 1. The highest BCUT2D eigenvalue weighted by molar-refractivity contribution is 7.80. The summed E-state index contributed by atoms with van der Waals surface area (Å²) < 4.78 is 0. The molecule has 0 spiro atoms. The molecule has 2 aromatic rings. The molecular weight excluding hydrogens is 334 g/mol. The lowest BCUT2D eigenvalue weighted by molar-refractivity contribution is -0.119. The number of aromatic carboxylic acids is 1. The lowest BCUT2D eigenvalue weighted by Crippen LogP contribution is -2.26. The molecule has 0 fully saturated rings. The normalized spacial score (nSPS) is 12.0. The molecule has 5 heteroatoms. The van der Waals surface area contributed by atoms with Gasteiger partial charge in [0, 0.05) is 11.4 Å². The Hall–Kier alpha value is -2.27. The molecule has 0 radical (unpaired) electrons. The lowest BCUT2D eigenvalue weighted by atomic mass is 9.98. The number of carboxylic acids is 1. The molecule has 0 aliphatic heterocycles. The number of carboxylic acid groups (broad SMARTS) is 1. The average molecular weight is 357 g/mol. The molecule has 1 atom stereocenters. The van der Waals surface area contributed by atoms with Crippen LogP contribution < -0.4 is 5.32 Å². The van der Waals surface area contributed by atoms with Crippen molar-refractivity contribution in [2.45, 2.75) is 26.2 Å². The Morgan fingerprint density at radius 1 is 1.12 bits per heavy atom. The molecule has 132 valence electrons. The fraction of sp³-hybridized carbons (Fsp3) is 0.300. The van der Waals surface area contributed by atoms with Gasteiger partial charge in [0.25, 0.3) is 0 Å². The summed E-state index contributed by atoms with van der Waals surface area (Å²) in [7, 11) is 0. The first-order valence-electron chi connectivity index (χ1n) is 8.24. The summed E-state index contributed by atoms with van der Waals surface area (Å²) >= 11 is 4.30. The molecule has 0 saturated heterocycles. The Labute approximate surface area is 153 Å². The summed E-state index contributed by atoms with van der Waals surface area (Å²) in [5.41, 5.74) is 2.62. The van der Waals surface area contributed by atoms with Crippen molar-refractivity contribution in [3.05, 3.63) is 65.2 Å². The van der Waals surface area contributed by atoms with Gasteiger partial charge in [-0.2, -0.15) is 12.6 Å². The second-order valence-corrected chi connectivity index (χ2v) is 6.73. The zero-order valence-corrected chi connectivity index (χ0v) is 15.3. The molecule has 1 amide bonds. The molecule has 1 unspecified atom stereocenters. The SMILES string of the molecule is CC(C)c1cc(NC(=O)C(CS)Cc2ccccc2)cc(C(=O)O)c1. The minimum atomic E-state index is -1.01. The van der Waals surface area contributed by atoms with Crippen molar-refractivity contribution >= 4 is 30.2 Å². The monoisotopic (exact) mass is 357 g/mol. The van der Waals surface area contributed by atoms with Crippen molar-refractivity contribution in [1.82, 2.24) is 0 Å². The Bertz CT molecular complexity index is 744. The second kappa shape index (κ2) is 8.72. The number of hydrogen-bond acceptors (Lipinski definition) is 3. The van der Waals surface area contributed by atoms with Crippen molar-refractivity contribution in [3.8, 4) is 0 Å². The molecule has 0 aliphatic carbocycles. The number of rotatable bonds is 7. The van der Waals surface area contributed by atoms with Gasteiger partial charge in [0.2, 0.25) is 5.91 Å². The summed E-state index contributed by atoms with van der Waals surface area (Å²) in [5.74, 6) is -0.873. The fourth-order valence-corrected chi connectivity index (χ4v) is 2.86. The zero-order valence-electron chi connectivity index (χ0n) is 14.4. The molecule has 0 bridgehead atoms. The van der Waals surface area contributed by atoms with Gasteiger partial charge in [-0.05, 0) is 41.7 Å². The minimum absolute atomic E-state index is 0.156. The van der Waals surface area contributed by atoms with E-state index in [0.717, 1.165) is 11.1 Å². The molecule has 0 saturated carbocycles. The van der Waals surface area contributed by atoms with Crippen molar-refractivity contribution in [2.24, 2.45) is 5.92 Å². The number of carbonyl (C=O) groups excluding carboxylic acids is 1. The number of amides is 1. The third kappa shape index (κ3) is 5.36. The fourth-order valence-electron chi connectivity index (χ4n) is 2.56. The van der Waals surface area contributed by atoms with Gasteiger partial charge in [-0.3, -0.25) is 4.79 Å². The third-order valence-corrected chi connectivity index (χ3v) is 4.49. The average Bonchev–Trinajstić information content (AvgIpc) is 2.60. The zero-order chi connectivity index (χ0) is 18.4. The van der Waals surface area contributed by atoms with E-state index >= 15 is 0 Å². The highest BCUT2D eigenvalue weighted by Gasteiger charge is 2.19. The maximum atomic E-state index is 12.6. The number of hydrogen-bond donors (Lipinski definition) is 3. The van der Waals surface area contributed by atoms with Crippen LogP contribution in [0.2, 0.25) is 0 Å². The topological polar surface area (TPSA) is 66.4 Å². The highest BCUT2D eigenvalue weighted by atomic mass is 32.1. The number of benzene rings is 2. The van der Waals surface area contributed by atoms with Crippen molar-refractivity contribution in [1.29, 1.82) is 0 Å². The summed E-state index contributed by atoms with van der Waals surface area (Å²) in [4.78, 5) is 23.9. The summed E-state index contributed by atoms with van der Waals surface area (Å²) in [5, 5.41) is 12.1. The number of thiol groups is 1. The first kappa shape index (κ1) is 19.1. The van der Waals surface area contributed by atoms with Gasteiger partial charge in [0.1, 0.15) is 0 Å². The highest BCUT2D eigenvalue weighted by Crippen LogP contribution is 2.23. The lowest BCUT2D eigenvalue weighted by Gasteiger charge is -2.16. The molecule has 25 heavy (non-hydrogen) atoms. The van der Waals surface area contributed by atoms with Gasteiger partial charge >= 0.3 is 5.97 Å². The maximum Gasteiger partial charge on any atom is 0.335 e. The van der Waals surface area contributed by atoms with Crippen LogP contribution in [0.4, 0.5) is 5.69 Å². The largest absolute Gasteiger partial charge is 0.478 e. The van der Waals surface area contributed by atoms with E-state index in [-0.39, 0.29) is 23.3 Å². The maximum absolute atomic E-state index is 12.6. The van der Waals surface area contributed by atoms with Crippen molar-refractivity contribution in [3.63, 3.8) is 0 Å². The van der Waals surface area contributed by atoms with E-state index < -0.39 is 5.97 Å². The Kier molecular flexibility index (Phi) is 6.65. The number of anilines is 1. The summed E-state index contributed by atoms with van der Waals surface area (Å²) in [6.07, 6.45) is 0.589. The van der Waals surface area contributed by atoms with Crippen molar-refractivity contribution < 1.29 is 14.7 Å². The molecule has 2 N–H and O–H groups in total. The van der Waals surface area contributed by atoms with Crippen LogP contribution in [0.25, 0.3) is 0 Å². The van der Waals surface area contributed by atoms with Crippen LogP contribution in [0.15, 0.2) is 48.5 Å². The molecule has 2 aromatic carbocycles.